The van der Waals surface area contributed by atoms with Crippen LogP contribution in [0.5, 0.6) is 5.75 Å². The number of hydrogen-bond donors (Lipinski definition) is 1. The number of rotatable bonds is 8. The molecule has 0 spiro atoms. The third-order valence-corrected chi connectivity index (χ3v) is 5.64. The number of hydrogen-bond acceptors (Lipinski definition) is 5. The van der Waals surface area contributed by atoms with Crippen LogP contribution in [-0.4, -0.2) is 16.8 Å². The van der Waals surface area contributed by atoms with Gasteiger partial charge in [0.2, 0.25) is 0 Å². The highest BCUT2D eigenvalue weighted by molar-refractivity contribution is 7.99. The lowest BCUT2D eigenvalue weighted by molar-refractivity contribution is 0.198. The van der Waals surface area contributed by atoms with Crippen molar-refractivity contribution >= 4 is 29.2 Å². The van der Waals surface area contributed by atoms with Crippen LogP contribution < -0.4 is 10.1 Å². The third kappa shape index (κ3) is 6.37. The molecule has 1 amide bonds. The number of thioether (sulfide) groups is 1. The van der Waals surface area contributed by atoms with Crippen molar-refractivity contribution in [2.75, 3.05) is 5.75 Å². The van der Waals surface area contributed by atoms with E-state index in [-0.39, 0.29) is 5.82 Å². The molecule has 2 aromatic heterocycles. The van der Waals surface area contributed by atoms with Gasteiger partial charge in [-0.1, -0.05) is 18.2 Å². The minimum absolute atomic E-state index is 0.222. The maximum Gasteiger partial charge on any atom is 0.412 e. The molecule has 0 aliphatic carbocycles. The molecule has 0 atom stereocenters. The van der Waals surface area contributed by atoms with Crippen molar-refractivity contribution < 1.29 is 13.9 Å². The van der Waals surface area contributed by atoms with Gasteiger partial charge in [0.15, 0.2) is 5.75 Å². The minimum Gasteiger partial charge on any atom is -0.407 e. The molecule has 0 fully saturated rings. The van der Waals surface area contributed by atoms with Gasteiger partial charge in [-0.15, -0.1) is 23.1 Å². The first-order chi connectivity index (χ1) is 13.2. The zero-order valence-corrected chi connectivity index (χ0v) is 16.2. The van der Waals surface area contributed by atoms with Crippen LogP contribution >= 0.6 is 23.1 Å². The molecule has 0 unspecified atom stereocenters. The van der Waals surface area contributed by atoms with Crippen molar-refractivity contribution in [2.45, 2.75) is 24.4 Å². The average molecular weight is 403 g/mol. The van der Waals surface area contributed by atoms with Crippen LogP contribution in [0.4, 0.5) is 9.18 Å². The molecule has 27 heavy (non-hydrogen) atoms. The van der Waals surface area contributed by atoms with E-state index in [1.54, 1.807) is 41.8 Å². The summed E-state index contributed by atoms with van der Waals surface area (Å²) in [5, 5.41) is 5.38. The summed E-state index contributed by atoms with van der Waals surface area (Å²) in [7, 11) is 0. The summed E-state index contributed by atoms with van der Waals surface area (Å²) >= 11 is 3.12. The number of halogens is 1. The zero-order valence-electron chi connectivity index (χ0n) is 14.6. The Kier molecular flexibility index (Phi) is 7.24. The molecule has 0 aliphatic rings. The molecule has 0 saturated carbocycles. The summed E-state index contributed by atoms with van der Waals surface area (Å²) in [6, 6.07) is 13.9. The molecule has 1 aromatic carbocycles. The number of pyridine rings is 1. The highest BCUT2D eigenvalue weighted by Crippen LogP contribution is 2.27. The van der Waals surface area contributed by atoms with Gasteiger partial charge in [-0.2, -0.15) is 0 Å². The van der Waals surface area contributed by atoms with Gasteiger partial charge in [-0.25, -0.2) is 14.2 Å². The van der Waals surface area contributed by atoms with Crippen molar-refractivity contribution in [1.29, 1.82) is 0 Å². The van der Waals surface area contributed by atoms with Crippen LogP contribution in [0.15, 0.2) is 65.1 Å². The Morgan fingerprint density at radius 1 is 1.19 bits per heavy atom. The molecular weight excluding hydrogens is 383 g/mol. The Morgan fingerprint density at radius 2 is 2.04 bits per heavy atom. The van der Waals surface area contributed by atoms with Crippen molar-refractivity contribution in [3.8, 4) is 5.75 Å². The number of thiophene rings is 1. The molecule has 3 aromatic rings. The van der Waals surface area contributed by atoms with Gasteiger partial charge in [0, 0.05) is 11.1 Å². The lowest BCUT2D eigenvalue weighted by Crippen LogP contribution is -2.26. The maximum atomic E-state index is 12.9. The van der Waals surface area contributed by atoms with Gasteiger partial charge in [0.25, 0.3) is 0 Å². The van der Waals surface area contributed by atoms with Gasteiger partial charge >= 0.3 is 6.09 Å². The molecular formula is C20H19FN2O2S2. The molecule has 0 radical (unpaired) electrons. The standard InChI is InChI=1S/C20H19FN2O2S2/c21-16-9-7-15(8-10-16)4-2-13-27-19-18(6-1-11-22-19)25-20(24)23-14-17-5-3-12-26-17/h1,3,5-12H,2,4,13-14H2,(H,23,24). The van der Waals surface area contributed by atoms with E-state index in [4.69, 9.17) is 4.74 Å². The highest BCUT2D eigenvalue weighted by Gasteiger charge is 2.10. The Balaban J connectivity index is 1.46. The van der Waals surface area contributed by atoms with Gasteiger partial charge in [0.05, 0.1) is 6.54 Å². The van der Waals surface area contributed by atoms with E-state index >= 15 is 0 Å². The van der Waals surface area contributed by atoms with Crippen molar-refractivity contribution in [3.05, 3.63) is 76.4 Å². The van der Waals surface area contributed by atoms with E-state index in [2.05, 4.69) is 10.3 Å². The molecule has 140 valence electrons. The van der Waals surface area contributed by atoms with Crippen LogP contribution in [0, 0.1) is 5.82 Å². The van der Waals surface area contributed by atoms with Gasteiger partial charge in [-0.3, -0.25) is 0 Å². The fraction of sp³-hybridized carbons (Fsp3) is 0.200. The molecule has 2 heterocycles. The van der Waals surface area contributed by atoms with Gasteiger partial charge in [-0.05, 0) is 59.9 Å². The number of nitrogens with one attached hydrogen (secondary N) is 1. The topological polar surface area (TPSA) is 51.2 Å². The molecule has 7 heteroatoms. The summed E-state index contributed by atoms with van der Waals surface area (Å²) in [6.45, 7) is 0.441. The number of nitrogens with zero attached hydrogens (tertiary/aromatic N) is 1. The Labute approximate surface area is 165 Å². The molecule has 0 aliphatic heterocycles. The minimum atomic E-state index is -0.496. The lowest BCUT2D eigenvalue weighted by atomic mass is 10.1. The van der Waals surface area contributed by atoms with Crippen LogP contribution in [0.3, 0.4) is 0 Å². The lowest BCUT2D eigenvalue weighted by Gasteiger charge is -2.09. The zero-order chi connectivity index (χ0) is 18.9. The maximum absolute atomic E-state index is 12.9. The number of aryl methyl sites for hydroxylation is 1. The smallest absolute Gasteiger partial charge is 0.407 e. The summed E-state index contributed by atoms with van der Waals surface area (Å²) < 4.78 is 18.3. The monoisotopic (exact) mass is 402 g/mol. The SMILES string of the molecule is O=C(NCc1cccs1)Oc1cccnc1SCCCc1ccc(F)cc1. The van der Waals surface area contributed by atoms with E-state index in [0.717, 1.165) is 29.0 Å². The van der Waals surface area contributed by atoms with Crippen molar-refractivity contribution in [2.24, 2.45) is 0 Å². The average Bonchev–Trinajstić information content (AvgIpc) is 3.20. The fourth-order valence-corrected chi connectivity index (χ4v) is 3.88. The van der Waals surface area contributed by atoms with Crippen molar-refractivity contribution in [3.63, 3.8) is 0 Å². The van der Waals surface area contributed by atoms with Crippen LogP contribution in [0.2, 0.25) is 0 Å². The largest absolute Gasteiger partial charge is 0.412 e. The predicted molar refractivity (Wildman–Crippen MR) is 107 cm³/mol. The van der Waals surface area contributed by atoms with Crippen LogP contribution in [0.25, 0.3) is 0 Å². The first kappa shape index (κ1) is 19.4. The normalized spacial score (nSPS) is 10.6. The Bertz CT molecular complexity index is 855. The second kappa shape index (κ2) is 10.1. The summed E-state index contributed by atoms with van der Waals surface area (Å²) in [4.78, 5) is 17.4. The van der Waals surface area contributed by atoms with Gasteiger partial charge < -0.3 is 10.1 Å². The van der Waals surface area contributed by atoms with E-state index in [1.165, 1.54) is 23.9 Å². The van der Waals surface area contributed by atoms with Gasteiger partial charge in [0.1, 0.15) is 10.8 Å². The first-order valence-corrected chi connectivity index (χ1v) is 10.4. The number of carbonyl (C=O) groups is 1. The number of carbonyl (C=O) groups excluding carboxylic acids is 1. The van der Waals surface area contributed by atoms with E-state index < -0.39 is 6.09 Å². The molecule has 4 nitrogen and oxygen atoms in total. The molecule has 0 saturated heterocycles. The van der Waals surface area contributed by atoms with E-state index in [0.29, 0.717) is 17.3 Å². The Morgan fingerprint density at radius 3 is 2.81 bits per heavy atom. The van der Waals surface area contributed by atoms with E-state index in [1.807, 2.05) is 17.5 Å². The molecule has 1 N–H and O–H groups in total. The molecule has 3 rings (SSSR count). The number of aromatic nitrogens is 1. The number of benzene rings is 1. The Hall–Kier alpha value is -2.38. The van der Waals surface area contributed by atoms with E-state index in [9.17, 15) is 9.18 Å². The van der Waals surface area contributed by atoms with Crippen LogP contribution in [-0.2, 0) is 13.0 Å². The molecule has 0 bridgehead atoms. The highest BCUT2D eigenvalue weighted by atomic mass is 32.2. The second-order valence-electron chi connectivity index (χ2n) is 5.71. The predicted octanol–water partition coefficient (Wildman–Crippen LogP) is 5.30. The first-order valence-electron chi connectivity index (χ1n) is 8.51. The summed E-state index contributed by atoms with van der Waals surface area (Å²) in [6.07, 6.45) is 2.96. The fourth-order valence-electron chi connectivity index (χ4n) is 2.37. The van der Waals surface area contributed by atoms with Crippen molar-refractivity contribution in [1.82, 2.24) is 10.3 Å². The number of ether oxygens (including phenoxy) is 1. The number of amides is 1. The summed E-state index contributed by atoms with van der Waals surface area (Å²) in [5.74, 6) is 1.05. The second-order valence-corrected chi connectivity index (χ2v) is 7.82. The summed E-state index contributed by atoms with van der Waals surface area (Å²) in [5.41, 5.74) is 1.10. The quantitative estimate of drug-likeness (QED) is 0.411. The van der Waals surface area contributed by atoms with Crippen LogP contribution in [0.1, 0.15) is 16.9 Å². The third-order valence-electron chi connectivity index (χ3n) is 3.69.